The highest BCUT2D eigenvalue weighted by Gasteiger charge is 2.33. The summed E-state index contributed by atoms with van der Waals surface area (Å²) in [6, 6.07) is 0.378. The summed E-state index contributed by atoms with van der Waals surface area (Å²) >= 11 is 0. The molecule has 2 amide bonds. The molecule has 0 aliphatic heterocycles. The predicted octanol–water partition coefficient (Wildman–Crippen LogP) is 0.662. The minimum absolute atomic E-state index is 0.0496. The molecule has 2 rings (SSSR count). The predicted molar refractivity (Wildman–Crippen MR) is 71.9 cm³/mol. The van der Waals surface area contributed by atoms with Gasteiger partial charge in [-0.1, -0.05) is 0 Å². The number of rotatable bonds is 7. The topological polar surface area (TPSA) is 95.5 Å². The van der Waals surface area contributed by atoms with Crippen LogP contribution in [0.15, 0.2) is 0 Å². The summed E-state index contributed by atoms with van der Waals surface area (Å²) in [7, 11) is 0. The normalized spacial score (nSPS) is 25.2. The smallest absolute Gasteiger partial charge is 0.306 e. The molecule has 6 heteroatoms. The molecule has 0 aromatic heterocycles. The van der Waals surface area contributed by atoms with Crippen molar-refractivity contribution in [2.45, 2.75) is 51.0 Å². The number of hydrogen-bond donors (Lipinski definition) is 3. The van der Waals surface area contributed by atoms with Gasteiger partial charge in [-0.2, -0.15) is 0 Å². The zero-order valence-electron chi connectivity index (χ0n) is 11.6. The molecule has 2 fully saturated rings. The maximum absolute atomic E-state index is 11.8. The van der Waals surface area contributed by atoms with Crippen molar-refractivity contribution in [3.63, 3.8) is 0 Å². The number of carbonyl (C=O) groups excluding carboxylic acids is 2. The lowest BCUT2D eigenvalue weighted by Gasteiger charge is -2.10. The molecule has 112 valence electrons. The second kappa shape index (κ2) is 6.72. The van der Waals surface area contributed by atoms with Crippen LogP contribution >= 0.6 is 0 Å². The SMILES string of the molecule is O=C(CCCNC(=O)C1CCC(C(=O)O)C1)NC1CC1. The van der Waals surface area contributed by atoms with E-state index in [4.69, 9.17) is 5.11 Å². The molecule has 0 aromatic carbocycles. The summed E-state index contributed by atoms with van der Waals surface area (Å²) in [5.41, 5.74) is 0. The van der Waals surface area contributed by atoms with E-state index in [2.05, 4.69) is 10.6 Å². The van der Waals surface area contributed by atoms with Crippen molar-refractivity contribution in [1.29, 1.82) is 0 Å². The number of carbonyl (C=O) groups is 3. The fraction of sp³-hybridized carbons (Fsp3) is 0.786. The molecule has 0 aromatic rings. The molecule has 2 atom stereocenters. The lowest BCUT2D eigenvalue weighted by molar-refractivity contribution is -0.141. The molecular weight excluding hydrogens is 260 g/mol. The van der Waals surface area contributed by atoms with Crippen LogP contribution in [0.3, 0.4) is 0 Å². The van der Waals surface area contributed by atoms with Crippen molar-refractivity contribution >= 4 is 17.8 Å². The number of hydrogen-bond acceptors (Lipinski definition) is 3. The Labute approximate surface area is 118 Å². The van der Waals surface area contributed by atoms with E-state index in [0.29, 0.717) is 44.7 Å². The van der Waals surface area contributed by atoms with Gasteiger partial charge in [0.15, 0.2) is 0 Å². The van der Waals surface area contributed by atoms with Crippen molar-refractivity contribution in [2.75, 3.05) is 6.54 Å². The van der Waals surface area contributed by atoms with E-state index in [0.717, 1.165) is 12.8 Å². The third-order valence-electron chi connectivity index (χ3n) is 3.97. The second-order valence-corrected chi connectivity index (χ2v) is 5.78. The average Bonchev–Trinajstić information content (AvgIpc) is 3.07. The first-order valence-electron chi connectivity index (χ1n) is 7.36. The molecule has 0 bridgehead atoms. The van der Waals surface area contributed by atoms with Crippen molar-refractivity contribution in [3.8, 4) is 0 Å². The molecule has 2 saturated carbocycles. The zero-order chi connectivity index (χ0) is 14.5. The number of carboxylic acid groups (broad SMARTS) is 1. The molecule has 2 aliphatic carbocycles. The average molecular weight is 282 g/mol. The van der Waals surface area contributed by atoms with Crippen LogP contribution in [-0.2, 0) is 14.4 Å². The summed E-state index contributed by atoms with van der Waals surface area (Å²) in [6.07, 6.45) is 4.87. The third-order valence-corrected chi connectivity index (χ3v) is 3.97. The number of aliphatic carboxylic acids is 1. The van der Waals surface area contributed by atoms with E-state index in [1.807, 2.05) is 0 Å². The summed E-state index contributed by atoms with van der Waals surface area (Å²) < 4.78 is 0. The Morgan fingerprint density at radius 3 is 2.35 bits per heavy atom. The van der Waals surface area contributed by atoms with Gasteiger partial charge in [0.2, 0.25) is 11.8 Å². The molecule has 0 saturated heterocycles. The Morgan fingerprint density at radius 1 is 1.05 bits per heavy atom. The van der Waals surface area contributed by atoms with Crippen LogP contribution in [0.4, 0.5) is 0 Å². The fourth-order valence-electron chi connectivity index (χ4n) is 2.58. The van der Waals surface area contributed by atoms with Gasteiger partial charge in [-0.3, -0.25) is 14.4 Å². The van der Waals surface area contributed by atoms with E-state index >= 15 is 0 Å². The van der Waals surface area contributed by atoms with Crippen LogP contribution in [-0.4, -0.2) is 35.5 Å². The lowest BCUT2D eigenvalue weighted by Crippen LogP contribution is -2.32. The third kappa shape index (κ3) is 4.51. The van der Waals surface area contributed by atoms with E-state index < -0.39 is 5.97 Å². The minimum Gasteiger partial charge on any atom is -0.481 e. The molecule has 20 heavy (non-hydrogen) atoms. The summed E-state index contributed by atoms with van der Waals surface area (Å²) in [5, 5.41) is 14.6. The second-order valence-electron chi connectivity index (χ2n) is 5.78. The standard InChI is InChI=1S/C14H22N2O4/c17-12(16-11-5-6-11)2-1-7-15-13(18)9-3-4-10(8-9)14(19)20/h9-11H,1-8H2,(H,15,18)(H,16,17)(H,19,20). The van der Waals surface area contributed by atoms with Crippen LogP contribution in [0.5, 0.6) is 0 Å². The highest BCUT2D eigenvalue weighted by molar-refractivity contribution is 5.81. The van der Waals surface area contributed by atoms with Crippen molar-refractivity contribution in [3.05, 3.63) is 0 Å². The Balaban J connectivity index is 1.56. The minimum atomic E-state index is -0.808. The molecule has 0 radical (unpaired) electrons. The van der Waals surface area contributed by atoms with Gasteiger partial charge in [0, 0.05) is 24.9 Å². The summed E-state index contributed by atoms with van der Waals surface area (Å²) in [5.74, 6) is -1.39. The molecule has 3 N–H and O–H groups in total. The van der Waals surface area contributed by atoms with Crippen LogP contribution in [0.1, 0.15) is 44.9 Å². The first-order chi connectivity index (χ1) is 9.56. The van der Waals surface area contributed by atoms with Gasteiger partial charge in [-0.05, 0) is 38.5 Å². The van der Waals surface area contributed by atoms with Gasteiger partial charge in [0.05, 0.1) is 5.92 Å². The first kappa shape index (κ1) is 14.8. The highest BCUT2D eigenvalue weighted by atomic mass is 16.4. The van der Waals surface area contributed by atoms with Crippen molar-refractivity contribution in [2.24, 2.45) is 11.8 Å². The molecular formula is C14H22N2O4. The van der Waals surface area contributed by atoms with Crippen LogP contribution in [0, 0.1) is 11.8 Å². The monoisotopic (exact) mass is 282 g/mol. The maximum Gasteiger partial charge on any atom is 0.306 e. The van der Waals surface area contributed by atoms with Gasteiger partial charge in [0.25, 0.3) is 0 Å². The van der Waals surface area contributed by atoms with Gasteiger partial charge < -0.3 is 15.7 Å². The number of nitrogens with one attached hydrogen (secondary N) is 2. The van der Waals surface area contributed by atoms with Crippen LogP contribution in [0.2, 0.25) is 0 Å². The Hall–Kier alpha value is -1.59. The summed E-state index contributed by atoms with van der Waals surface area (Å²) in [6.45, 7) is 0.477. The fourth-order valence-corrected chi connectivity index (χ4v) is 2.58. The Kier molecular flexibility index (Phi) is 4.98. The zero-order valence-corrected chi connectivity index (χ0v) is 11.6. The van der Waals surface area contributed by atoms with Gasteiger partial charge >= 0.3 is 5.97 Å². The van der Waals surface area contributed by atoms with Gasteiger partial charge in [-0.15, -0.1) is 0 Å². The Morgan fingerprint density at radius 2 is 1.75 bits per heavy atom. The summed E-state index contributed by atoms with van der Waals surface area (Å²) in [4.78, 5) is 34.1. The lowest BCUT2D eigenvalue weighted by atomic mass is 10.0. The van der Waals surface area contributed by atoms with Crippen LogP contribution < -0.4 is 10.6 Å². The molecule has 0 heterocycles. The quantitative estimate of drug-likeness (QED) is 0.598. The van der Waals surface area contributed by atoms with E-state index in [1.54, 1.807) is 0 Å². The maximum atomic E-state index is 11.8. The van der Waals surface area contributed by atoms with Crippen molar-refractivity contribution < 1.29 is 19.5 Å². The van der Waals surface area contributed by atoms with Crippen LogP contribution in [0.25, 0.3) is 0 Å². The molecule has 2 unspecified atom stereocenters. The first-order valence-corrected chi connectivity index (χ1v) is 7.36. The van der Waals surface area contributed by atoms with E-state index in [9.17, 15) is 14.4 Å². The highest BCUT2D eigenvalue weighted by Crippen LogP contribution is 2.31. The molecule has 6 nitrogen and oxygen atoms in total. The van der Waals surface area contributed by atoms with Gasteiger partial charge in [0.1, 0.15) is 0 Å². The van der Waals surface area contributed by atoms with Crippen molar-refractivity contribution in [1.82, 2.24) is 10.6 Å². The largest absolute Gasteiger partial charge is 0.481 e. The Bertz CT molecular complexity index is 393. The molecule has 2 aliphatic rings. The van der Waals surface area contributed by atoms with E-state index in [1.165, 1.54) is 0 Å². The number of carboxylic acids is 1. The van der Waals surface area contributed by atoms with Gasteiger partial charge in [-0.25, -0.2) is 0 Å². The number of amides is 2. The molecule has 0 spiro atoms. The van der Waals surface area contributed by atoms with E-state index in [-0.39, 0.29) is 23.7 Å².